The number of hydrogen-bond donors (Lipinski definition) is 0. The molecule has 0 atom stereocenters. The van der Waals surface area contributed by atoms with Crippen molar-refractivity contribution in [1.29, 1.82) is 0 Å². The van der Waals surface area contributed by atoms with Gasteiger partial charge in [0.1, 0.15) is 10.7 Å². The Labute approximate surface area is 62.8 Å². The molecule has 1 aliphatic rings. The maximum atomic E-state index is 10.9. The monoisotopic (exact) mass is 168 g/mol. The fraction of sp³-hybridized carbons (Fsp3) is 0. The Hall–Kier alpha value is -1.23. The molecule has 2 heterocycles. The Balaban J connectivity index is 3.03. The summed E-state index contributed by atoms with van der Waals surface area (Å²) in [6, 6.07) is 0. The van der Waals surface area contributed by atoms with Crippen LogP contribution in [-0.2, 0) is 9.84 Å². The van der Waals surface area contributed by atoms with Crippen molar-refractivity contribution in [3.63, 3.8) is 0 Å². The molecule has 0 aromatic carbocycles. The van der Waals surface area contributed by atoms with Gasteiger partial charge in [-0.15, -0.1) is 0 Å². The second-order valence-corrected chi connectivity index (χ2v) is 3.80. The number of fused-ring (bicyclic) bond motifs is 1. The lowest BCUT2D eigenvalue weighted by Gasteiger charge is -1.77. The summed E-state index contributed by atoms with van der Waals surface area (Å²) in [7, 11) is -3.18. The lowest BCUT2D eigenvalue weighted by atomic mass is 10.6. The Bertz CT molecular complexity index is 463. The van der Waals surface area contributed by atoms with Gasteiger partial charge in [-0.3, -0.25) is 9.97 Å². The van der Waals surface area contributed by atoms with Crippen LogP contribution in [0.15, 0.2) is 12.4 Å². The van der Waals surface area contributed by atoms with Crippen molar-refractivity contribution in [1.82, 2.24) is 9.97 Å². The lowest BCUT2D eigenvalue weighted by molar-refractivity contribution is 0.617. The highest BCUT2D eigenvalue weighted by molar-refractivity contribution is 8.05. The zero-order valence-corrected chi connectivity index (χ0v) is 6.25. The van der Waals surface area contributed by atoms with Crippen molar-refractivity contribution in [3.8, 4) is 0 Å². The Morgan fingerprint density at radius 3 is 1.91 bits per heavy atom. The van der Waals surface area contributed by atoms with Crippen molar-refractivity contribution in [3.05, 3.63) is 23.1 Å². The molecule has 56 valence electrons. The average Bonchev–Trinajstić information content (AvgIpc) is 2.21. The molecule has 0 N–H and O–H groups in total. The number of aromatic nitrogens is 2. The number of rotatable bonds is 0. The fourth-order valence-electron chi connectivity index (χ4n) is 0.886. The van der Waals surface area contributed by atoms with Gasteiger partial charge < -0.3 is 0 Å². The zero-order valence-electron chi connectivity index (χ0n) is 5.43. The van der Waals surface area contributed by atoms with E-state index in [1.807, 2.05) is 0 Å². The van der Waals surface area contributed by atoms with Crippen LogP contribution in [0.2, 0.25) is 0 Å². The first-order chi connectivity index (χ1) is 5.17. The smallest absolute Gasteiger partial charge is 0.197 e. The van der Waals surface area contributed by atoms with Crippen LogP contribution in [0.4, 0.5) is 0 Å². The highest BCUT2D eigenvalue weighted by atomic mass is 32.2. The predicted octanol–water partition coefficient (Wildman–Crippen LogP) is -1.62. The van der Waals surface area contributed by atoms with Crippen LogP contribution in [0, 0.1) is 0 Å². The van der Waals surface area contributed by atoms with Gasteiger partial charge in [0, 0.05) is 12.4 Å². The van der Waals surface area contributed by atoms with Gasteiger partial charge in [-0.25, -0.2) is 8.42 Å². The molecular formula is C6H4N2O2S. The summed E-state index contributed by atoms with van der Waals surface area (Å²) in [6.45, 7) is 0. The van der Waals surface area contributed by atoms with Crippen LogP contribution in [0.25, 0.3) is 10.8 Å². The van der Waals surface area contributed by atoms with Crippen molar-refractivity contribution in [2.45, 2.75) is 0 Å². The molecule has 0 radical (unpaired) electrons. The van der Waals surface area contributed by atoms with E-state index in [-0.39, 0.29) is 0 Å². The molecule has 0 unspecified atom stereocenters. The summed E-state index contributed by atoms with van der Waals surface area (Å²) in [5, 5.41) is 3.06. The van der Waals surface area contributed by atoms with Crippen LogP contribution < -0.4 is 10.7 Å². The SMILES string of the molecule is O=S1(=O)C=c2nccnc2=C1. The standard InChI is InChI=1S/C6H4N2O2S/c9-11(10)3-5-6(4-11)8-2-1-7-5/h1-4H. The number of nitrogens with zero attached hydrogens (tertiary/aromatic N) is 2. The third-order valence-electron chi connectivity index (χ3n) is 1.31. The Morgan fingerprint density at radius 2 is 1.45 bits per heavy atom. The van der Waals surface area contributed by atoms with E-state index in [9.17, 15) is 8.42 Å². The van der Waals surface area contributed by atoms with Gasteiger partial charge in [0.05, 0.1) is 10.8 Å². The van der Waals surface area contributed by atoms with Crippen LogP contribution >= 0.6 is 0 Å². The van der Waals surface area contributed by atoms with E-state index in [4.69, 9.17) is 0 Å². The van der Waals surface area contributed by atoms with Gasteiger partial charge in [-0.1, -0.05) is 0 Å². The highest BCUT2D eigenvalue weighted by Crippen LogP contribution is 1.94. The van der Waals surface area contributed by atoms with Crippen molar-refractivity contribution in [2.24, 2.45) is 0 Å². The van der Waals surface area contributed by atoms with E-state index in [1.165, 1.54) is 12.4 Å². The molecule has 5 heteroatoms. The normalized spacial score (nSPS) is 18.2. The molecular weight excluding hydrogens is 164 g/mol. The quantitative estimate of drug-likeness (QED) is 0.467. The van der Waals surface area contributed by atoms with Crippen LogP contribution in [0.1, 0.15) is 0 Å². The molecule has 4 nitrogen and oxygen atoms in total. The Kier molecular flexibility index (Phi) is 1.11. The molecule has 0 saturated heterocycles. The third-order valence-corrected chi connectivity index (χ3v) is 2.41. The summed E-state index contributed by atoms with van der Waals surface area (Å²) in [5.41, 5.74) is 0. The summed E-state index contributed by atoms with van der Waals surface area (Å²) in [4.78, 5) is 7.65. The second-order valence-electron chi connectivity index (χ2n) is 2.15. The van der Waals surface area contributed by atoms with E-state index >= 15 is 0 Å². The zero-order chi connectivity index (χ0) is 7.90. The molecule has 1 aliphatic heterocycles. The number of hydrogen-bond acceptors (Lipinski definition) is 4. The first-order valence-corrected chi connectivity index (χ1v) is 4.54. The topological polar surface area (TPSA) is 59.9 Å². The summed E-state index contributed by atoms with van der Waals surface area (Å²) in [5.74, 6) is 0. The van der Waals surface area contributed by atoms with Gasteiger partial charge in [0.2, 0.25) is 0 Å². The lowest BCUT2D eigenvalue weighted by Crippen LogP contribution is -2.27. The second kappa shape index (κ2) is 1.88. The molecule has 2 rings (SSSR count). The molecule has 11 heavy (non-hydrogen) atoms. The summed E-state index contributed by atoms with van der Waals surface area (Å²) in [6.07, 6.45) is 2.92. The van der Waals surface area contributed by atoms with E-state index in [1.54, 1.807) is 0 Å². The largest absolute Gasteiger partial charge is 0.252 e. The maximum Gasteiger partial charge on any atom is 0.197 e. The van der Waals surface area contributed by atoms with Crippen LogP contribution in [0.3, 0.4) is 0 Å². The Morgan fingerprint density at radius 1 is 1.00 bits per heavy atom. The molecule has 0 aliphatic carbocycles. The minimum absolute atomic E-state index is 0.424. The minimum Gasteiger partial charge on any atom is -0.252 e. The van der Waals surface area contributed by atoms with Crippen LogP contribution in [0.5, 0.6) is 0 Å². The van der Waals surface area contributed by atoms with E-state index < -0.39 is 9.84 Å². The maximum absolute atomic E-state index is 10.9. The summed E-state index contributed by atoms with van der Waals surface area (Å²) < 4.78 is 21.8. The summed E-state index contributed by atoms with van der Waals surface area (Å²) >= 11 is 0. The van der Waals surface area contributed by atoms with Gasteiger partial charge >= 0.3 is 0 Å². The van der Waals surface area contributed by atoms with Crippen molar-refractivity contribution >= 4 is 20.7 Å². The van der Waals surface area contributed by atoms with Crippen molar-refractivity contribution < 1.29 is 8.42 Å². The number of sulfone groups is 1. The molecule has 0 saturated carbocycles. The molecule has 0 fully saturated rings. The molecule has 0 spiro atoms. The van der Waals surface area contributed by atoms with Crippen LogP contribution in [-0.4, -0.2) is 18.4 Å². The first-order valence-electron chi connectivity index (χ1n) is 2.93. The van der Waals surface area contributed by atoms with Gasteiger partial charge in [-0.2, -0.15) is 0 Å². The molecule has 1 aromatic heterocycles. The third kappa shape index (κ3) is 1.03. The van der Waals surface area contributed by atoms with Gasteiger partial charge in [0.15, 0.2) is 9.84 Å². The average molecular weight is 168 g/mol. The minimum atomic E-state index is -3.18. The van der Waals surface area contributed by atoms with Gasteiger partial charge in [0.25, 0.3) is 0 Å². The molecule has 0 bridgehead atoms. The van der Waals surface area contributed by atoms with E-state index in [0.29, 0.717) is 10.7 Å². The van der Waals surface area contributed by atoms with E-state index in [0.717, 1.165) is 10.8 Å². The van der Waals surface area contributed by atoms with E-state index in [2.05, 4.69) is 9.97 Å². The van der Waals surface area contributed by atoms with Gasteiger partial charge in [-0.05, 0) is 0 Å². The fourth-order valence-corrected chi connectivity index (χ4v) is 1.94. The highest BCUT2D eigenvalue weighted by Gasteiger charge is 2.08. The molecule has 0 amide bonds. The predicted molar refractivity (Wildman–Crippen MR) is 39.1 cm³/mol. The molecule has 1 aromatic rings. The van der Waals surface area contributed by atoms with Crippen molar-refractivity contribution in [2.75, 3.05) is 0 Å². The first kappa shape index (κ1) is 6.48.